The second kappa shape index (κ2) is 14.7. The van der Waals surface area contributed by atoms with Crippen molar-refractivity contribution in [3.63, 3.8) is 0 Å². The molecule has 4 atom stereocenters. The zero-order chi connectivity index (χ0) is 35.8. The van der Waals surface area contributed by atoms with Gasteiger partial charge in [0.1, 0.15) is 5.75 Å². The largest absolute Gasteiger partial charge is 0.497 e. The van der Waals surface area contributed by atoms with Crippen LogP contribution < -0.4 is 9.64 Å². The van der Waals surface area contributed by atoms with Gasteiger partial charge in [-0.2, -0.15) is 13.2 Å². The van der Waals surface area contributed by atoms with Crippen LogP contribution in [-0.2, 0) is 20.5 Å². The fourth-order valence-corrected chi connectivity index (χ4v) is 9.02. The maximum absolute atomic E-state index is 14.7. The van der Waals surface area contributed by atoms with Crippen LogP contribution in [0, 0.1) is 23.2 Å². The van der Waals surface area contributed by atoms with E-state index in [-0.39, 0.29) is 29.6 Å². The fraction of sp³-hybridized carbons (Fsp3) is 0.641. The zero-order valence-electron chi connectivity index (χ0n) is 29.8. The Morgan fingerprint density at radius 3 is 2.18 bits per heavy atom. The van der Waals surface area contributed by atoms with E-state index >= 15 is 0 Å². The van der Waals surface area contributed by atoms with Gasteiger partial charge >= 0.3 is 12.1 Å². The molecule has 8 nitrogen and oxygen atoms in total. The standard InChI is InChI=1S/C39H52F3N3O5/c1-38(2)15-11-29(12-16-38)44-21-32(25-5-8-30(50-4)9-6-25)34(23-44)36(46)45-20-27(24-49-3)33(22-45)31-10-7-28(39(40,41)42)19-35(31)43-17-13-26(14-18-43)37(47)48/h5-10,19,26-27,29,32-34H,11-18,20-24H2,1-4H3,(H,47,48)/t27-,32+,33?,34?/m1/s1. The van der Waals surface area contributed by atoms with Gasteiger partial charge in [0, 0.05) is 75.9 Å². The number of amides is 1. The van der Waals surface area contributed by atoms with Crippen molar-refractivity contribution >= 4 is 17.6 Å². The van der Waals surface area contributed by atoms with Crippen LogP contribution in [-0.4, -0.2) is 92.9 Å². The minimum Gasteiger partial charge on any atom is -0.497 e. The number of aliphatic carboxylic acids is 1. The van der Waals surface area contributed by atoms with E-state index in [1.54, 1.807) is 20.3 Å². The fourth-order valence-electron chi connectivity index (χ4n) is 9.02. The Labute approximate surface area is 293 Å². The van der Waals surface area contributed by atoms with Crippen molar-refractivity contribution in [2.45, 2.75) is 76.4 Å². The number of carboxylic acid groups (broad SMARTS) is 1. The number of benzene rings is 2. The molecule has 2 aromatic carbocycles. The van der Waals surface area contributed by atoms with Crippen LogP contribution in [0.25, 0.3) is 0 Å². The number of anilines is 1. The minimum absolute atomic E-state index is 0.0143. The van der Waals surface area contributed by atoms with Crippen LogP contribution >= 0.6 is 0 Å². The molecule has 2 unspecified atom stereocenters. The molecule has 0 radical (unpaired) electrons. The first-order valence-electron chi connectivity index (χ1n) is 18.1. The average Bonchev–Trinajstić information content (AvgIpc) is 3.73. The van der Waals surface area contributed by atoms with Gasteiger partial charge < -0.3 is 24.4 Å². The number of halogens is 3. The van der Waals surface area contributed by atoms with Crippen molar-refractivity contribution < 1.29 is 37.3 Å². The minimum atomic E-state index is -4.52. The molecule has 4 aliphatic rings. The van der Waals surface area contributed by atoms with Gasteiger partial charge in [-0.3, -0.25) is 14.5 Å². The molecule has 3 aliphatic heterocycles. The molecular formula is C39H52F3N3O5. The number of carbonyl (C=O) groups excluding carboxylic acids is 1. The van der Waals surface area contributed by atoms with Gasteiger partial charge in [0.2, 0.25) is 5.91 Å². The van der Waals surface area contributed by atoms with E-state index in [4.69, 9.17) is 9.47 Å². The highest BCUT2D eigenvalue weighted by atomic mass is 19.4. The van der Waals surface area contributed by atoms with Gasteiger partial charge in [-0.05, 0) is 79.3 Å². The lowest BCUT2D eigenvalue weighted by Crippen LogP contribution is -2.40. The maximum atomic E-state index is 14.7. The van der Waals surface area contributed by atoms with Crippen molar-refractivity contribution in [3.8, 4) is 5.75 Å². The highest BCUT2D eigenvalue weighted by Crippen LogP contribution is 2.45. The Hall–Kier alpha value is -3.31. The van der Waals surface area contributed by atoms with Crippen molar-refractivity contribution in [2.24, 2.45) is 23.2 Å². The van der Waals surface area contributed by atoms with Gasteiger partial charge in [0.05, 0.1) is 31.1 Å². The molecule has 50 heavy (non-hydrogen) atoms. The van der Waals surface area contributed by atoms with E-state index in [1.165, 1.54) is 6.07 Å². The maximum Gasteiger partial charge on any atom is 0.416 e. The Balaban J connectivity index is 1.28. The Bertz CT molecular complexity index is 1500. The third-order valence-corrected chi connectivity index (χ3v) is 12.1. The quantitative estimate of drug-likeness (QED) is 0.306. The predicted molar refractivity (Wildman–Crippen MR) is 186 cm³/mol. The van der Waals surface area contributed by atoms with Crippen molar-refractivity contribution in [2.75, 3.05) is 65.0 Å². The van der Waals surface area contributed by atoms with E-state index in [9.17, 15) is 27.9 Å². The van der Waals surface area contributed by atoms with Gasteiger partial charge in [-0.15, -0.1) is 0 Å². The summed E-state index contributed by atoms with van der Waals surface area (Å²) >= 11 is 0. The van der Waals surface area contributed by atoms with E-state index in [2.05, 4.69) is 30.9 Å². The Morgan fingerprint density at radius 2 is 1.58 bits per heavy atom. The van der Waals surface area contributed by atoms with Crippen LogP contribution in [0.15, 0.2) is 42.5 Å². The molecule has 6 rings (SSSR count). The summed E-state index contributed by atoms with van der Waals surface area (Å²) in [4.78, 5) is 32.7. The molecule has 0 spiro atoms. The molecule has 4 fully saturated rings. The second-order valence-electron chi connectivity index (χ2n) is 15.8. The van der Waals surface area contributed by atoms with Crippen LogP contribution in [0.3, 0.4) is 0 Å². The van der Waals surface area contributed by atoms with Gasteiger partial charge in [-0.25, -0.2) is 0 Å². The third kappa shape index (κ3) is 7.78. The first-order valence-corrected chi connectivity index (χ1v) is 18.1. The average molecular weight is 700 g/mol. The number of nitrogens with zero attached hydrogens (tertiary/aromatic N) is 3. The topological polar surface area (TPSA) is 82.6 Å². The highest BCUT2D eigenvalue weighted by molar-refractivity contribution is 5.81. The first-order chi connectivity index (χ1) is 23.8. The first kappa shape index (κ1) is 36.5. The number of carbonyl (C=O) groups is 2. The number of alkyl halides is 3. The summed E-state index contributed by atoms with van der Waals surface area (Å²) in [5.74, 6) is -1.09. The van der Waals surface area contributed by atoms with Crippen LogP contribution in [0.1, 0.15) is 80.9 Å². The van der Waals surface area contributed by atoms with Crippen molar-refractivity contribution in [3.05, 3.63) is 59.2 Å². The smallest absolute Gasteiger partial charge is 0.416 e. The van der Waals surface area contributed by atoms with Crippen LogP contribution in [0.2, 0.25) is 0 Å². The van der Waals surface area contributed by atoms with E-state index in [0.29, 0.717) is 69.3 Å². The van der Waals surface area contributed by atoms with Crippen LogP contribution in [0.5, 0.6) is 5.75 Å². The lowest BCUT2D eigenvalue weighted by atomic mass is 9.75. The predicted octanol–water partition coefficient (Wildman–Crippen LogP) is 6.89. The van der Waals surface area contributed by atoms with Crippen molar-refractivity contribution in [1.82, 2.24) is 9.80 Å². The molecule has 274 valence electrons. The molecule has 2 aromatic rings. The van der Waals surface area contributed by atoms with Crippen molar-refractivity contribution in [1.29, 1.82) is 0 Å². The number of rotatable bonds is 9. The van der Waals surface area contributed by atoms with E-state index in [0.717, 1.165) is 55.2 Å². The molecule has 1 saturated carbocycles. The molecule has 1 N–H and O–H groups in total. The summed E-state index contributed by atoms with van der Waals surface area (Å²) in [6.07, 6.45) is 0.772. The van der Waals surface area contributed by atoms with E-state index in [1.807, 2.05) is 21.9 Å². The molecule has 1 amide bonds. The number of hydrogen-bond donors (Lipinski definition) is 1. The zero-order valence-corrected chi connectivity index (χ0v) is 29.8. The normalized spacial score (nSPS) is 26.8. The summed E-state index contributed by atoms with van der Waals surface area (Å²) in [5.41, 5.74) is 1.96. The number of piperidine rings is 1. The summed E-state index contributed by atoms with van der Waals surface area (Å²) in [6, 6.07) is 12.4. The molecule has 3 heterocycles. The summed E-state index contributed by atoms with van der Waals surface area (Å²) < 4.78 is 53.0. The molecular weight excluding hydrogens is 647 g/mol. The number of methoxy groups -OCH3 is 2. The molecule has 11 heteroatoms. The molecule has 0 aromatic heterocycles. The molecule has 1 aliphatic carbocycles. The van der Waals surface area contributed by atoms with Gasteiger partial charge in [-0.1, -0.05) is 32.0 Å². The highest BCUT2D eigenvalue weighted by Gasteiger charge is 2.47. The summed E-state index contributed by atoms with van der Waals surface area (Å²) in [5, 5.41) is 9.54. The lowest BCUT2D eigenvalue weighted by Gasteiger charge is -2.38. The summed E-state index contributed by atoms with van der Waals surface area (Å²) in [7, 11) is 3.26. The lowest BCUT2D eigenvalue weighted by molar-refractivity contribution is -0.142. The van der Waals surface area contributed by atoms with E-state index < -0.39 is 23.6 Å². The SMILES string of the molecule is COC[C@H]1CN(C(=O)C2CN(C3CCC(C)(C)CC3)C[C@H]2c2ccc(OC)cc2)CC1c1ccc(C(F)(F)F)cc1N1CCC(C(=O)O)CC1. The number of likely N-dealkylation sites (tertiary alicyclic amines) is 2. The third-order valence-electron chi connectivity index (χ3n) is 12.1. The summed E-state index contributed by atoms with van der Waals surface area (Å²) in [6.45, 7) is 8.09. The molecule has 0 bridgehead atoms. The van der Waals surface area contributed by atoms with Gasteiger partial charge in [0.15, 0.2) is 0 Å². The van der Waals surface area contributed by atoms with Gasteiger partial charge in [0.25, 0.3) is 0 Å². The number of ether oxygens (including phenoxy) is 2. The number of carboxylic acids is 1. The second-order valence-corrected chi connectivity index (χ2v) is 15.8. The molecule has 3 saturated heterocycles. The number of hydrogen-bond acceptors (Lipinski definition) is 6. The Morgan fingerprint density at radius 1 is 0.900 bits per heavy atom. The Kier molecular flexibility index (Phi) is 10.8. The monoisotopic (exact) mass is 699 g/mol. The van der Waals surface area contributed by atoms with Crippen LogP contribution in [0.4, 0.5) is 18.9 Å².